The lowest BCUT2D eigenvalue weighted by atomic mass is 10.1. The second-order valence-corrected chi connectivity index (χ2v) is 7.60. The molecule has 0 atom stereocenters. The number of ether oxygens (including phenoxy) is 1. The van der Waals surface area contributed by atoms with E-state index in [-0.39, 0.29) is 12.5 Å². The molecule has 0 aliphatic rings. The predicted octanol–water partition coefficient (Wildman–Crippen LogP) is 4.88. The molecule has 8 heteroatoms. The fourth-order valence-corrected chi connectivity index (χ4v) is 4.00. The molecule has 6 nitrogen and oxygen atoms in total. The van der Waals surface area contributed by atoms with Gasteiger partial charge in [0.05, 0.1) is 15.6 Å². The van der Waals surface area contributed by atoms with Gasteiger partial charge < -0.3 is 9.30 Å². The normalized spacial score (nSPS) is 10.7. The van der Waals surface area contributed by atoms with Crippen LogP contribution in [0.4, 0.5) is 5.13 Å². The molecule has 0 fully saturated rings. The number of amides is 1. The number of hydrogen-bond acceptors (Lipinski definition) is 5. The zero-order valence-corrected chi connectivity index (χ0v) is 17.1. The van der Waals surface area contributed by atoms with Gasteiger partial charge in [-0.05, 0) is 12.1 Å². The molecule has 2 heterocycles. The van der Waals surface area contributed by atoms with Crippen LogP contribution in [0.15, 0.2) is 67.0 Å². The number of carbonyl (C=O) groups is 1. The van der Waals surface area contributed by atoms with Gasteiger partial charge in [-0.25, -0.2) is 9.97 Å². The largest absolute Gasteiger partial charge is 0.482 e. The number of carbonyl (C=O) groups excluding carboxylic acids is 1. The molecule has 2 aromatic carbocycles. The van der Waals surface area contributed by atoms with E-state index in [1.807, 2.05) is 48.1 Å². The Morgan fingerprint density at radius 2 is 1.93 bits per heavy atom. The highest BCUT2D eigenvalue weighted by molar-refractivity contribution is 7.19. The third-order valence-electron chi connectivity index (χ3n) is 4.14. The highest BCUT2D eigenvalue weighted by Crippen LogP contribution is 2.38. The summed E-state index contributed by atoms with van der Waals surface area (Å²) < 4.78 is 7.42. The van der Waals surface area contributed by atoms with Crippen LogP contribution in [0.3, 0.4) is 0 Å². The summed E-state index contributed by atoms with van der Waals surface area (Å²) in [5.41, 5.74) is 1.72. The van der Waals surface area contributed by atoms with Crippen molar-refractivity contribution in [3.63, 3.8) is 0 Å². The number of aromatic nitrogens is 3. The molecule has 146 valence electrons. The Hall–Kier alpha value is -3.16. The Kier molecular flexibility index (Phi) is 5.59. The van der Waals surface area contributed by atoms with Gasteiger partial charge in [-0.3, -0.25) is 10.1 Å². The van der Waals surface area contributed by atoms with Gasteiger partial charge in [0.1, 0.15) is 5.75 Å². The molecule has 1 amide bonds. The van der Waals surface area contributed by atoms with E-state index in [0.717, 1.165) is 22.0 Å². The molecule has 0 unspecified atom stereocenters. The van der Waals surface area contributed by atoms with Crippen molar-refractivity contribution in [2.75, 3.05) is 11.9 Å². The number of thiazole rings is 1. The Labute approximate surface area is 176 Å². The third-order valence-corrected chi connectivity index (χ3v) is 5.42. The Balaban J connectivity index is 1.56. The van der Waals surface area contributed by atoms with Crippen molar-refractivity contribution < 1.29 is 9.53 Å². The lowest BCUT2D eigenvalue weighted by Gasteiger charge is -2.07. The zero-order chi connectivity index (χ0) is 20.2. The number of nitrogens with zero attached hydrogens (tertiary/aromatic N) is 3. The van der Waals surface area contributed by atoms with Crippen LogP contribution in [-0.4, -0.2) is 27.0 Å². The fraction of sp³-hybridized carbons (Fsp3) is 0.0952. The summed E-state index contributed by atoms with van der Waals surface area (Å²) in [6.07, 6.45) is 3.61. The van der Waals surface area contributed by atoms with Gasteiger partial charge in [0.15, 0.2) is 17.6 Å². The molecule has 0 bridgehead atoms. The molecule has 0 saturated heterocycles. The van der Waals surface area contributed by atoms with Crippen molar-refractivity contribution in [1.82, 2.24) is 14.5 Å². The van der Waals surface area contributed by atoms with E-state index >= 15 is 0 Å². The molecule has 0 saturated carbocycles. The van der Waals surface area contributed by atoms with Crippen molar-refractivity contribution in [3.05, 3.63) is 72.0 Å². The van der Waals surface area contributed by atoms with Gasteiger partial charge in [-0.15, -0.1) is 0 Å². The Bertz CT molecular complexity index is 1140. The van der Waals surface area contributed by atoms with Crippen LogP contribution in [0.5, 0.6) is 5.75 Å². The summed E-state index contributed by atoms with van der Waals surface area (Å²) >= 11 is 7.43. The molecule has 1 N–H and O–H groups in total. The minimum atomic E-state index is -0.315. The summed E-state index contributed by atoms with van der Waals surface area (Å²) in [5, 5.41) is 3.74. The van der Waals surface area contributed by atoms with Crippen LogP contribution in [0.25, 0.3) is 22.0 Å². The van der Waals surface area contributed by atoms with Gasteiger partial charge in [0.2, 0.25) is 0 Å². The van der Waals surface area contributed by atoms with Crippen molar-refractivity contribution >= 4 is 34.0 Å². The first kappa shape index (κ1) is 19.2. The van der Waals surface area contributed by atoms with Crippen LogP contribution in [-0.2, 0) is 11.8 Å². The van der Waals surface area contributed by atoms with E-state index in [2.05, 4.69) is 15.3 Å². The van der Waals surface area contributed by atoms with Gasteiger partial charge >= 0.3 is 0 Å². The monoisotopic (exact) mass is 424 g/mol. The van der Waals surface area contributed by atoms with Gasteiger partial charge in [-0.1, -0.05) is 65.4 Å². The van der Waals surface area contributed by atoms with Crippen molar-refractivity contribution in [2.24, 2.45) is 7.05 Å². The van der Waals surface area contributed by atoms with Gasteiger partial charge in [0.25, 0.3) is 5.91 Å². The minimum Gasteiger partial charge on any atom is -0.482 e. The summed E-state index contributed by atoms with van der Waals surface area (Å²) in [4.78, 5) is 22.3. The minimum absolute atomic E-state index is 0.165. The second-order valence-electron chi connectivity index (χ2n) is 6.19. The van der Waals surface area contributed by atoms with Gasteiger partial charge in [0, 0.05) is 25.0 Å². The molecule has 4 rings (SSSR count). The van der Waals surface area contributed by atoms with Crippen LogP contribution in [0.1, 0.15) is 0 Å². The number of rotatable bonds is 6. The molecule has 2 aromatic heterocycles. The third kappa shape index (κ3) is 4.31. The van der Waals surface area contributed by atoms with Crippen molar-refractivity contribution in [3.8, 4) is 27.7 Å². The first-order valence-corrected chi connectivity index (χ1v) is 10.0. The van der Waals surface area contributed by atoms with Crippen LogP contribution in [0, 0.1) is 0 Å². The second kappa shape index (κ2) is 8.46. The first-order valence-electron chi connectivity index (χ1n) is 8.83. The molecule has 0 spiro atoms. The number of anilines is 1. The Morgan fingerprint density at radius 1 is 1.17 bits per heavy atom. The first-order chi connectivity index (χ1) is 14.1. The van der Waals surface area contributed by atoms with Crippen molar-refractivity contribution in [2.45, 2.75) is 0 Å². The summed E-state index contributed by atoms with van der Waals surface area (Å²) in [7, 11) is 1.92. The Morgan fingerprint density at radius 3 is 2.66 bits per heavy atom. The lowest BCUT2D eigenvalue weighted by Crippen LogP contribution is -2.20. The standard InChI is InChI=1S/C21H17ClN4O2S/c1-26-12-11-23-20(26)19-18(14-7-3-2-4-8-14)25-21(29-19)24-17(27)13-28-16-10-6-5-9-15(16)22/h2-12H,13H2,1H3,(H,24,25,27). The molecule has 4 aromatic rings. The molecule has 0 aliphatic carbocycles. The van der Waals surface area contributed by atoms with Crippen molar-refractivity contribution in [1.29, 1.82) is 0 Å². The van der Waals surface area contributed by atoms with Crippen LogP contribution in [0.2, 0.25) is 5.02 Å². The van der Waals surface area contributed by atoms with Gasteiger partial charge in [-0.2, -0.15) is 0 Å². The summed E-state index contributed by atoms with van der Waals surface area (Å²) in [5.74, 6) is 0.931. The number of nitrogens with one attached hydrogen (secondary N) is 1. The zero-order valence-electron chi connectivity index (χ0n) is 15.5. The highest BCUT2D eigenvalue weighted by Gasteiger charge is 2.19. The smallest absolute Gasteiger partial charge is 0.264 e. The number of imidazole rings is 1. The maximum Gasteiger partial charge on any atom is 0.264 e. The lowest BCUT2D eigenvalue weighted by molar-refractivity contribution is -0.118. The fourth-order valence-electron chi connectivity index (χ4n) is 2.76. The number of aryl methyl sites for hydroxylation is 1. The maximum atomic E-state index is 12.4. The van der Waals surface area contributed by atoms with E-state index in [1.54, 1.807) is 30.5 Å². The van der Waals surface area contributed by atoms with E-state index in [0.29, 0.717) is 15.9 Å². The summed E-state index contributed by atoms with van der Waals surface area (Å²) in [6.45, 7) is -0.165. The molecular weight excluding hydrogens is 408 g/mol. The quantitative estimate of drug-likeness (QED) is 0.479. The number of para-hydroxylation sites is 1. The summed E-state index contributed by atoms with van der Waals surface area (Å²) in [6, 6.07) is 16.8. The highest BCUT2D eigenvalue weighted by atomic mass is 35.5. The maximum absolute atomic E-state index is 12.4. The molecule has 0 radical (unpaired) electrons. The predicted molar refractivity (Wildman–Crippen MR) is 115 cm³/mol. The SMILES string of the molecule is Cn1ccnc1-c1sc(NC(=O)COc2ccccc2Cl)nc1-c1ccccc1. The van der Waals surface area contributed by atoms with E-state index in [9.17, 15) is 4.79 Å². The topological polar surface area (TPSA) is 69.0 Å². The van der Waals surface area contributed by atoms with E-state index < -0.39 is 0 Å². The number of benzene rings is 2. The van der Waals surface area contributed by atoms with Crippen LogP contribution < -0.4 is 10.1 Å². The van der Waals surface area contributed by atoms with Crippen LogP contribution >= 0.6 is 22.9 Å². The number of halogens is 1. The average Bonchev–Trinajstić information content (AvgIpc) is 3.34. The van der Waals surface area contributed by atoms with E-state index in [1.165, 1.54) is 11.3 Å². The number of hydrogen-bond donors (Lipinski definition) is 1. The molecular formula is C21H17ClN4O2S. The molecule has 0 aliphatic heterocycles. The average molecular weight is 425 g/mol. The molecule has 29 heavy (non-hydrogen) atoms. The van der Waals surface area contributed by atoms with E-state index in [4.69, 9.17) is 16.3 Å².